The van der Waals surface area contributed by atoms with E-state index in [9.17, 15) is 10.2 Å². The van der Waals surface area contributed by atoms with Crippen LogP contribution in [0.15, 0.2) is 18.2 Å². The van der Waals surface area contributed by atoms with Crippen molar-refractivity contribution in [3.05, 3.63) is 18.2 Å². The highest BCUT2D eigenvalue weighted by Gasteiger charge is 2.27. The van der Waals surface area contributed by atoms with E-state index in [0.29, 0.717) is 23.5 Å². The summed E-state index contributed by atoms with van der Waals surface area (Å²) in [6.45, 7) is 5.40. The molecule has 0 saturated carbocycles. The van der Waals surface area contributed by atoms with Crippen LogP contribution in [0.25, 0.3) is 0 Å². The zero-order valence-corrected chi connectivity index (χ0v) is 11.8. The summed E-state index contributed by atoms with van der Waals surface area (Å²) >= 11 is 0. The van der Waals surface area contributed by atoms with Crippen molar-refractivity contribution in [2.24, 2.45) is 0 Å². The lowest BCUT2D eigenvalue weighted by Crippen LogP contribution is -2.45. The number of aliphatic hydroxyl groups is 2. The van der Waals surface area contributed by atoms with Gasteiger partial charge in [-0.25, -0.2) is 0 Å². The minimum absolute atomic E-state index is 0.0316. The van der Waals surface area contributed by atoms with Gasteiger partial charge in [-0.1, -0.05) is 13.0 Å². The fourth-order valence-electron chi connectivity index (χ4n) is 1.74. The Bertz CT molecular complexity index is 395. The average Bonchev–Trinajstić information content (AvgIpc) is 2.40. The number of ether oxygens (including phenoxy) is 1. The predicted octanol–water partition coefficient (Wildman–Crippen LogP) is 1.60. The Morgan fingerprint density at radius 1 is 1.32 bits per heavy atom. The van der Waals surface area contributed by atoms with Crippen LogP contribution in [-0.2, 0) is 0 Å². The van der Waals surface area contributed by atoms with Crippen LogP contribution in [0.2, 0.25) is 0 Å². The van der Waals surface area contributed by atoms with E-state index < -0.39 is 5.54 Å². The second kappa shape index (κ2) is 6.63. The molecular formula is C14H24N2O3. The zero-order chi connectivity index (χ0) is 14.5. The Labute approximate surface area is 114 Å². The Hall–Kier alpha value is -1.46. The first kappa shape index (κ1) is 15.6. The van der Waals surface area contributed by atoms with E-state index in [1.54, 1.807) is 12.1 Å². The maximum atomic E-state index is 9.45. The first-order chi connectivity index (χ1) is 8.98. The van der Waals surface area contributed by atoms with E-state index in [2.05, 4.69) is 5.32 Å². The molecule has 0 radical (unpaired) electrons. The Kier molecular flexibility index (Phi) is 5.44. The molecule has 0 heterocycles. The largest absolute Gasteiger partial charge is 0.489 e. The highest BCUT2D eigenvalue weighted by atomic mass is 16.5. The summed E-state index contributed by atoms with van der Waals surface area (Å²) < 4.78 is 5.61. The van der Waals surface area contributed by atoms with Crippen molar-refractivity contribution < 1.29 is 14.9 Å². The van der Waals surface area contributed by atoms with Gasteiger partial charge in [0.2, 0.25) is 0 Å². The summed E-state index contributed by atoms with van der Waals surface area (Å²) in [5.74, 6) is 0.598. The van der Waals surface area contributed by atoms with Crippen LogP contribution < -0.4 is 15.8 Å². The minimum Gasteiger partial charge on any atom is -0.489 e. The van der Waals surface area contributed by atoms with Gasteiger partial charge in [-0.2, -0.15) is 0 Å². The third-order valence-electron chi connectivity index (χ3n) is 3.11. The van der Waals surface area contributed by atoms with Gasteiger partial charge in [0.1, 0.15) is 5.75 Å². The molecule has 5 heteroatoms. The minimum atomic E-state index is -0.773. The topological polar surface area (TPSA) is 87.7 Å². The standard InChI is InChI=1S/C14H24N2O3/c1-4-14(8-17,9-18)16-11-6-5-7-12(13(11)15)19-10(2)3/h5-7,10,16-18H,4,8-9,15H2,1-3H3. The van der Waals surface area contributed by atoms with Crippen molar-refractivity contribution >= 4 is 11.4 Å². The smallest absolute Gasteiger partial charge is 0.144 e. The normalized spacial score (nSPS) is 11.7. The van der Waals surface area contributed by atoms with Gasteiger partial charge in [0.25, 0.3) is 0 Å². The number of nitrogens with two attached hydrogens (primary N) is 1. The summed E-state index contributed by atoms with van der Waals surface area (Å²) in [4.78, 5) is 0. The SMILES string of the molecule is CCC(CO)(CO)Nc1cccc(OC(C)C)c1N. The number of nitrogen functional groups attached to an aromatic ring is 1. The quantitative estimate of drug-likeness (QED) is 0.564. The average molecular weight is 268 g/mol. The lowest BCUT2D eigenvalue weighted by atomic mass is 9.97. The number of nitrogens with one attached hydrogen (secondary N) is 1. The first-order valence-electron chi connectivity index (χ1n) is 6.53. The van der Waals surface area contributed by atoms with Crippen molar-refractivity contribution in [2.75, 3.05) is 24.3 Å². The molecule has 0 spiro atoms. The molecule has 0 aliphatic rings. The molecule has 1 rings (SSSR count). The van der Waals surface area contributed by atoms with Gasteiger partial charge in [-0.15, -0.1) is 0 Å². The summed E-state index contributed by atoms with van der Waals surface area (Å²) in [6.07, 6.45) is 0.610. The summed E-state index contributed by atoms with van der Waals surface area (Å²) in [6, 6.07) is 5.43. The number of rotatable bonds is 7. The van der Waals surface area contributed by atoms with Crippen LogP contribution >= 0.6 is 0 Å². The van der Waals surface area contributed by atoms with Gasteiger partial charge in [0.05, 0.1) is 36.2 Å². The molecule has 0 atom stereocenters. The summed E-state index contributed by atoms with van der Waals surface area (Å²) in [5.41, 5.74) is 6.42. The van der Waals surface area contributed by atoms with Gasteiger partial charge in [-0.3, -0.25) is 0 Å². The molecule has 0 unspecified atom stereocenters. The fourth-order valence-corrected chi connectivity index (χ4v) is 1.74. The molecule has 0 aromatic heterocycles. The number of aliphatic hydroxyl groups excluding tert-OH is 2. The molecule has 0 bridgehead atoms. The molecule has 108 valence electrons. The van der Waals surface area contributed by atoms with Gasteiger partial charge in [-0.05, 0) is 32.4 Å². The highest BCUT2D eigenvalue weighted by molar-refractivity contribution is 5.73. The maximum absolute atomic E-state index is 9.45. The third kappa shape index (κ3) is 3.75. The van der Waals surface area contributed by atoms with Crippen LogP contribution in [0.1, 0.15) is 27.2 Å². The van der Waals surface area contributed by atoms with Gasteiger partial charge in [0.15, 0.2) is 0 Å². The van der Waals surface area contributed by atoms with Gasteiger partial charge < -0.3 is 26.0 Å². The van der Waals surface area contributed by atoms with Crippen LogP contribution in [-0.4, -0.2) is 35.1 Å². The molecule has 5 nitrogen and oxygen atoms in total. The summed E-state index contributed by atoms with van der Waals surface area (Å²) in [5, 5.41) is 22.0. The fraction of sp³-hybridized carbons (Fsp3) is 0.571. The van der Waals surface area contributed by atoms with Crippen LogP contribution in [0, 0.1) is 0 Å². The first-order valence-corrected chi connectivity index (χ1v) is 6.53. The molecule has 0 aliphatic carbocycles. The molecule has 19 heavy (non-hydrogen) atoms. The number of anilines is 2. The lowest BCUT2D eigenvalue weighted by Gasteiger charge is -2.31. The van der Waals surface area contributed by atoms with Crippen molar-refractivity contribution in [3.63, 3.8) is 0 Å². The van der Waals surface area contributed by atoms with E-state index in [1.807, 2.05) is 26.8 Å². The van der Waals surface area contributed by atoms with E-state index in [-0.39, 0.29) is 19.3 Å². The molecule has 0 fully saturated rings. The van der Waals surface area contributed by atoms with Crippen LogP contribution in [0.4, 0.5) is 11.4 Å². The van der Waals surface area contributed by atoms with Gasteiger partial charge >= 0.3 is 0 Å². The van der Waals surface area contributed by atoms with E-state index in [1.165, 1.54) is 0 Å². The van der Waals surface area contributed by atoms with E-state index in [4.69, 9.17) is 10.5 Å². The summed E-state index contributed by atoms with van der Waals surface area (Å²) in [7, 11) is 0. The molecule has 0 saturated heterocycles. The molecule has 0 aliphatic heterocycles. The monoisotopic (exact) mass is 268 g/mol. The molecule has 1 aromatic rings. The van der Waals surface area contributed by atoms with Crippen LogP contribution in [0.3, 0.4) is 0 Å². The highest BCUT2D eigenvalue weighted by Crippen LogP contribution is 2.32. The van der Waals surface area contributed by atoms with Crippen molar-refractivity contribution in [3.8, 4) is 5.75 Å². The maximum Gasteiger partial charge on any atom is 0.144 e. The molecule has 1 aromatic carbocycles. The predicted molar refractivity (Wildman–Crippen MR) is 77.4 cm³/mol. The Morgan fingerprint density at radius 2 is 1.95 bits per heavy atom. The van der Waals surface area contributed by atoms with Crippen LogP contribution in [0.5, 0.6) is 5.75 Å². The second-order valence-corrected chi connectivity index (χ2v) is 4.96. The second-order valence-electron chi connectivity index (χ2n) is 4.96. The van der Waals surface area contributed by atoms with Crippen molar-refractivity contribution in [1.82, 2.24) is 0 Å². The Balaban J connectivity index is 3.01. The van der Waals surface area contributed by atoms with Gasteiger partial charge in [0, 0.05) is 0 Å². The molecule has 5 N–H and O–H groups in total. The van der Waals surface area contributed by atoms with E-state index in [0.717, 1.165) is 0 Å². The van der Waals surface area contributed by atoms with E-state index >= 15 is 0 Å². The molecule has 0 amide bonds. The number of para-hydroxylation sites is 1. The lowest BCUT2D eigenvalue weighted by molar-refractivity contribution is 0.132. The number of benzene rings is 1. The Morgan fingerprint density at radius 3 is 2.42 bits per heavy atom. The van der Waals surface area contributed by atoms with Crippen molar-refractivity contribution in [1.29, 1.82) is 0 Å². The number of hydrogen-bond acceptors (Lipinski definition) is 5. The van der Waals surface area contributed by atoms with Crippen molar-refractivity contribution in [2.45, 2.75) is 38.8 Å². The number of hydrogen-bond donors (Lipinski definition) is 4. The third-order valence-corrected chi connectivity index (χ3v) is 3.11. The zero-order valence-electron chi connectivity index (χ0n) is 11.8. The molecular weight excluding hydrogens is 244 g/mol.